The maximum Gasteiger partial charge on any atom is 0.417 e. The normalized spacial score (nSPS) is 11.2. The number of carbonyl (C=O) groups is 1. The first-order valence-corrected chi connectivity index (χ1v) is 5.65. The van der Waals surface area contributed by atoms with E-state index in [1.165, 1.54) is 18.2 Å². The monoisotopic (exact) mass is 300 g/mol. The standard InChI is InChI=1S/C14H8F4O3/c15-8-2-1-3-9(6-8)21-10-4-5-12(14(16,17)18)11(7-10)13(19)20/h1-7H,(H,19,20). The Bertz CT molecular complexity index is 680. The summed E-state index contributed by atoms with van der Waals surface area (Å²) in [7, 11) is 0. The summed E-state index contributed by atoms with van der Waals surface area (Å²) in [5.74, 6) is -2.40. The molecular weight excluding hydrogens is 292 g/mol. The second-order valence-electron chi connectivity index (χ2n) is 4.07. The van der Waals surface area contributed by atoms with Crippen molar-refractivity contribution < 1.29 is 32.2 Å². The minimum absolute atomic E-state index is 0.0473. The highest BCUT2D eigenvalue weighted by Gasteiger charge is 2.35. The van der Waals surface area contributed by atoms with Crippen molar-refractivity contribution in [2.75, 3.05) is 0 Å². The molecule has 0 bridgehead atoms. The molecule has 0 unspecified atom stereocenters. The van der Waals surface area contributed by atoms with E-state index in [9.17, 15) is 22.4 Å². The fourth-order valence-corrected chi connectivity index (χ4v) is 1.68. The topological polar surface area (TPSA) is 46.5 Å². The number of carboxylic acids is 1. The van der Waals surface area contributed by atoms with E-state index in [1.54, 1.807) is 0 Å². The van der Waals surface area contributed by atoms with Crippen LogP contribution in [0.25, 0.3) is 0 Å². The van der Waals surface area contributed by atoms with Gasteiger partial charge in [0.15, 0.2) is 0 Å². The van der Waals surface area contributed by atoms with E-state index in [0.29, 0.717) is 6.07 Å². The predicted octanol–water partition coefficient (Wildman–Crippen LogP) is 4.34. The lowest BCUT2D eigenvalue weighted by Gasteiger charge is -2.12. The van der Waals surface area contributed by atoms with E-state index in [4.69, 9.17) is 9.84 Å². The van der Waals surface area contributed by atoms with Crippen molar-refractivity contribution in [2.24, 2.45) is 0 Å². The van der Waals surface area contributed by atoms with Crippen LogP contribution in [0.2, 0.25) is 0 Å². The quantitative estimate of drug-likeness (QED) is 0.858. The minimum Gasteiger partial charge on any atom is -0.478 e. The van der Waals surface area contributed by atoms with E-state index in [1.807, 2.05) is 0 Å². The summed E-state index contributed by atoms with van der Waals surface area (Å²) >= 11 is 0. The number of halogens is 4. The van der Waals surface area contributed by atoms with Gasteiger partial charge in [-0.2, -0.15) is 13.2 Å². The fourth-order valence-electron chi connectivity index (χ4n) is 1.68. The lowest BCUT2D eigenvalue weighted by Crippen LogP contribution is -2.12. The Hall–Kier alpha value is -2.57. The summed E-state index contributed by atoms with van der Waals surface area (Å²) in [5.41, 5.74) is -2.21. The minimum atomic E-state index is -4.79. The van der Waals surface area contributed by atoms with Crippen molar-refractivity contribution in [3.05, 3.63) is 59.4 Å². The predicted molar refractivity (Wildman–Crippen MR) is 64.9 cm³/mol. The molecule has 2 rings (SSSR count). The van der Waals surface area contributed by atoms with Gasteiger partial charge in [-0.1, -0.05) is 6.07 Å². The maximum atomic E-state index is 13.0. The van der Waals surface area contributed by atoms with Crippen LogP contribution in [0.4, 0.5) is 17.6 Å². The molecule has 0 saturated heterocycles. The molecule has 0 atom stereocenters. The van der Waals surface area contributed by atoms with Gasteiger partial charge in [0.05, 0.1) is 11.1 Å². The number of rotatable bonds is 3. The molecule has 21 heavy (non-hydrogen) atoms. The van der Waals surface area contributed by atoms with Crippen molar-refractivity contribution in [1.82, 2.24) is 0 Å². The third kappa shape index (κ3) is 3.50. The van der Waals surface area contributed by atoms with Gasteiger partial charge in [-0.25, -0.2) is 9.18 Å². The van der Waals surface area contributed by atoms with Gasteiger partial charge in [-0.3, -0.25) is 0 Å². The van der Waals surface area contributed by atoms with Gasteiger partial charge < -0.3 is 9.84 Å². The molecule has 1 N–H and O–H groups in total. The van der Waals surface area contributed by atoms with Crippen molar-refractivity contribution in [3.63, 3.8) is 0 Å². The Kier molecular flexibility index (Phi) is 3.84. The summed E-state index contributed by atoms with van der Waals surface area (Å²) < 4.78 is 56.1. The van der Waals surface area contributed by atoms with Crippen LogP contribution >= 0.6 is 0 Å². The molecule has 0 heterocycles. The average Bonchev–Trinajstić information content (AvgIpc) is 2.37. The first kappa shape index (κ1) is 14.8. The van der Waals surface area contributed by atoms with Crippen LogP contribution < -0.4 is 4.74 Å². The van der Waals surface area contributed by atoms with Crippen molar-refractivity contribution in [1.29, 1.82) is 0 Å². The molecule has 0 fully saturated rings. The van der Waals surface area contributed by atoms with Gasteiger partial charge in [0.2, 0.25) is 0 Å². The van der Waals surface area contributed by atoms with Crippen LogP contribution in [0, 0.1) is 5.82 Å². The summed E-state index contributed by atoms with van der Waals surface area (Å²) in [6, 6.07) is 7.27. The second kappa shape index (κ2) is 5.43. The fraction of sp³-hybridized carbons (Fsp3) is 0.0714. The molecule has 0 amide bonds. The Labute approximate surface area is 116 Å². The van der Waals surface area contributed by atoms with Crippen LogP contribution in [0.3, 0.4) is 0 Å². The number of aromatic carboxylic acids is 1. The number of carboxylic acid groups (broad SMARTS) is 1. The number of hydrogen-bond donors (Lipinski definition) is 1. The molecule has 110 valence electrons. The van der Waals surface area contributed by atoms with E-state index in [2.05, 4.69) is 0 Å². The van der Waals surface area contributed by atoms with Gasteiger partial charge in [0.25, 0.3) is 0 Å². The van der Waals surface area contributed by atoms with E-state index in [-0.39, 0.29) is 11.5 Å². The highest BCUT2D eigenvalue weighted by molar-refractivity contribution is 5.90. The molecule has 0 spiro atoms. The molecule has 0 aromatic heterocycles. The van der Waals surface area contributed by atoms with Crippen LogP contribution in [0.15, 0.2) is 42.5 Å². The molecule has 0 radical (unpaired) electrons. The Balaban J connectivity index is 2.39. The van der Waals surface area contributed by atoms with Gasteiger partial charge >= 0.3 is 12.1 Å². The zero-order valence-electron chi connectivity index (χ0n) is 10.3. The third-order valence-corrected chi connectivity index (χ3v) is 2.56. The molecule has 3 nitrogen and oxygen atoms in total. The molecule has 2 aromatic carbocycles. The molecule has 0 aliphatic carbocycles. The van der Waals surface area contributed by atoms with Gasteiger partial charge in [-0.05, 0) is 30.3 Å². The van der Waals surface area contributed by atoms with Gasteiger partial charge in [0, 0.05) is 6.07 Å². The van der Waals surface area contributed by atoms with Crippen LogP contribution in [-0.4, -0.2) is 11.1 Å². The molecule has 7 heteroatoms. The SMILES string of the molecule is O=C(O)c1cc(Oc2cccc(F)c2)ccc1C(F)(F)F. The Morgan fingerprint density at radius 2 is 1.71 bits per heavy atom. The van der Waals surface area contributed by atoms with Crippen LogP contribution in [0.5, 0.6) is 11.5 Å². The Morgan fingerprint density at radius 1 is 1.05 bits per heavy atom. The van der Waals surface area contributed by atoms with E-state index >= 15 is 0 Å². The lowest BCUT2D eigenvalue weighted by atomic mass is 10.1. The maximum absolute atomic E-state index is 13.0. The summed E-state index contributed by atoms with van der Waals surface area (Å²) in [6.45, 7) is 0. The average molecular weight is 300 g/mol. The van der Waals surface area contributed by atoms with Crippen LogP contribution in [-0.2, 0) is 6.18 Å². The van der Waals surface area contributed by atoms with E-state index in [0.717, 1.165) is 18.2 Å². The summed E-state index contributed by atoms with van der Waals surface area (Å²) in [4.78, 5) is 10.9. The number of hydrogen-bond acceptors (Lipinski definition) is 2. The van der Waals surface area contributed by atoms with Crippen molar-refractivity contribution in [2.45, 2.75) is 6.18 Å². The number of alkyl halides is 3. The zero-order valence-corrected chi connectivity index (χ0v) is 10.3. The van der Waals surface area contributed by atoms with Gasteiger partial charge in [0.1, 0.15) is 17.3 Å². The van der Waals surface area contributed by atoms with E-state index < -0.39 is 29.1 Å². The van der Waals surface area contributed by atoms with Crippen molar-refractivity contribution in [3.8, 4) is 11.5 Å². The summed E-state index contributed by atoms with van der Waals surface area (Å²) in [5, 5.41) is 8.85. The first-order valence-electron chi connectivity index (χ1n) is 5.65. The van der Waals surface area contributed by atoms with Gasteiger partial charge in [-0.15, -0.1) is 0 Å². The largest absolute Gasteiger partial charge is 0.478 e. The highest BCUT2D eigenvalue weighted by atomic mass is 19.4. The van der Waals surface area contributed by atoms with Crippen LogP contribution in [0.1, 0.15) is 15.9 Å². The second-order valence-corrected chi connectivity index (χ2v) is 4.07. The highest BCUT2D eigenvalue weighted by Crippen LogP contribution is 2.34. The smallest absolute Gasteiger partial charge is 0.417 e. The Morgan fingerprint density at radius 3 is 2.29 bits per heavy atom. The first-order chi connectivity index (χ1) is 9.77. The summed E-state index contributed by atoms with van der Waals surface area (Å²) in [6.07, 6.45) is -4.79. The lowest BCUT2D eigenvalue weighted by molar-refractivity contribution is -0.138. The third-order valence-electron chi connectivity index (χ3n) is 2.56. The molecule has 0 aliphatic rings. The number of ether oxygens (including phenoxy) is 1. The molecular formula is C14H8F4O3. The number of benzene rings is 2. The zero-order chi connectivity index (χ0) is 15.6. The molecule has 2 aromatic rings. The van der Waals surface area contributed by atoms with Crippen molar-refractivity contribution >= 4 is 5.97 Å². The molecule has 0 saturated carbocycles. The molecule has 0 aliphatic heterocycles.